The van der Waals surface area contributed by atoms with Crippen LogP contribution < -0.4 is 5.32 Å². The molecule has 4 fully saturated rings. The number of carbonyl (C=O) groups excluding carboxylic acids is 1. The highest BCUT2D eigenvalue weighted by Gasteiger charge is 2.51. The summed E-state index contributed by atoms with van der Waals surface area (Å²) in [5, 5.41) is 14.1. The molecule has 0 atom stereocenters. The van der Waals surface area contributed by atoms with Crippen molar-refractivity contribution in [3.8, 4) is 0 Å². The number of nitro benzene ring substituents is 1. The Kier molecular flexibility index (Phi) is 4.49. The van der Waals surface area contributed by atoms with Crippen molar-refractivity contribution in [3.63, 3.8) is 0 Å². The van der Waals surface area contributed by atoms with E-state index in [9.17, 15) is 14.9 Å². The molecule has 0 saturated heterocycles. The first-order chi connectivity index (χ1) is 12.3. The lowest BCUT2D eigenvalue weighted by Gasteiger charge is -2.56. The smallest absolute Gasteiger partial charge is 0.293 e. The van der Waals surface area contributed by atoms with E-state index in [1.165, 1.54) is 44.6 Å². The van der Waals surface area contributed by atoms with E-state index in [0.29, 0.717) is 11.4 Å². The number of aryl methyl sites for hydroxylation is 1. The van der Waals surface area contributed by atoms with Crippen LogP contribution in [-0.4, -0.2) is 21.3 Å². The lowest BCUT2D eigenvalue weighted by molar-refractivity contribution is -0.384. The molecule has 1 N–H and O–H groups in total. The Labute approximate surface area is 158 Å². The third kappa shape index (κ3) is 3.24. The Hall–Kier alpha value is -1.56. The predicted molar refractivity (Wildman–Crippen MR) is 105 cm³/mol. The van der Waals surface area contributed by atoms with Gasteiger partial charge in [-0.05, 0) is 81.3 Å². The fraction of sp³-hybridized carbons (Fsp3) is 0.650. The highest BCUT2D eigenvalue weighted by Crippen LogP contribution is 2.60. The molecule has 0 heterocycles. The average Bonchev–Trinajstić information content (AvgIpc) is 2.56. The number of nitrogens with zero attached hydrogens (tertiary/aromatic N) is 1. The topological polar surface area (TPSA) is 72.2 Å². The van der Waals surface area contributed by atoms with Crippen LogP contribution in [0.25, 0.3) is 0 Å². The molecule has 1 aromatic rings. The molecule has 4 bridgehead atoms. The molecule has 1 amide bonds. The number of hydrogen-bond donors (Lipinski definition) is 1. The Balaban J connectivity index is 1.44. The van der Waals surface area contributed by atoms with Crippen LogP contribution in [0, 0.1) is 41.7 Å². The van der Waals surface area contributed by atoms with E-state index in [-0.39, 0.29) is 16.3 Å². The van der Waals surface area contributed by atoms with E-state index < -0.39 is 4.92 Å². The second-order valence-electron chi connectivity index (χ2n) is 8.60. The van der Waals surface area contributed by atoms with E-state index in [1.54, 1.807) is 17.8 Å². The van der Waals surface area contributed by atoms with Crippen LogP contribution in [0.2, 0.25) is 0 Å². The van der Waals surface area contributed by atoms with Crippen LogP contribution in [-0.2, 0) is 4.79 Å². The van der Waals surface area contributed by atoms with Crippen molar-refractivity contribution >= 4 is 29.0 Å². The molecular weight excluding hydrogens is 348 g/mol. The molecule has 5 rings (SSSR count). The maximum atomic E-state index is 12.6. The highest BCUT2D eigenvalue weighted by atomic mass is 32.2. The zero-order valence-electron chi connectivity index (χ0n) is 15.4. The number of carbonyl (C=O) groups is 1. The maximum Gasteiger partial charge on any atom is 0.293 e. The number of anilines is 1. The van der Waals surface area contributed by atoms with Gasteiger partial charge in [0.15, 0.2) is 0 Å². The van der Waals surface area contributed by atoms with Crippen molar-refractivity contribution in [1.82, 2.24) is 0 Å². The van der Waals surface area contributed by atoms with Gasteiger partial charge in [-0.25, -0.2) is 0 Å². The van der Waals surface area contributed by atoms with Crippen molar-refractivity contribution in [2.24, 2.45) is 17.8 Å². The average molecular weight is 375 g/mol. The second kappa shape index (κ2) is 6.55. The van der Waals surface area contributed by atoms with Crippen molar-refractivity contribution < 1.29 is 9.72 Å². The standard InChI is InChI=1S/C20H26N2O3S/c1-12-3-4-17(22(24)25)19(13(12)2)21-18(23)11-26-20-8-14-5-15(9-20)7-16(6-14)10-20/h3-4,14-16H,5-11H2,1-2H3,(H,21,23). The molecule has 0 unspecified atom stereocenters. The summed E-state index contributed by atoms with van der Waals surface area (Å²) in [6.45, 7) is 3.73. The largest absolute Gasteiger partial charge is 0.319 e. The van der Waals surface area contributed by atoms with E-state index in [1.807, 2.05) is 13.8 Å². The molecule has 140 valence electrons. The fourth-order valence-corrected chi connectivity index (χ4v) is 7.28. The van der Waals surface area contributed by atoms with Crippen LogP contribution in [0.5, 0.6) is 0 Å². The van der Waals surface area contributed by atoms with Crippen LogP contribution >= 0.6 is 11.8 Å². The van der Waals surface area contributed by atoms with Crippen molar-refractivity contribution in [2.75, 3.05) is 11.1 Å². The summed E-state index contributed by atoms with van der Waals surface area (Å²) in [5.41, 5.74) is 2.04. The molecule has 0 spiro atoms. The van der Waals surface area contributed by atoms with E-state index >= 15 is 0 Å². The minimum Gasteiger partial charge on any atom is -0.319 e. The van der Waals surface area contributed by atoms with E-state index in [2.05, 4.69) is 5.32 Å². The summed E-state index contributed by atoms with van der Waals surface area (Å²) >= 11 is 1.80. The van der Waals surface area contributed by atoms with Gasteiger partial charge in [0.1, 0.15) is 5.69 Å². The number of thioether (sulfide) groups is 1. The van der Waals surface area contributed by atoms with Crippen molar-refractivity contribution in [1.29, 1.82) is 0 Å². The lowest BCUT2D eigenvalue weighted by atomic mass is 9.56. The van der Waals surface area contributed by atoms with Crippen molar-refractivity contribution in [3.05, 3.63) is 33.4 Å². The van der Waals surface area contributed by atoms with E-state index in [4.69, 9.17) is 0 Å². The molecule has 0 radical (unpaired) electrons. The van der Waals surface area contributed by atoms with Crippen LogP contribution in [0.15, 0.2) is 12.1 Å². The minimum atomic E-state index is -0.422. The van der Waals surface area contributed by atoms with Gasteiger partial charge >= 0.3 is 0 Å². The zero-order valence-corrected chi connectivity index (χ0v) is 16.2. The Morgan fingerprint density at radius 2 is 1.77 bits per heavy atom. The quantitative estimate of drug-likeness (QED) is 0.590. The fourth-order valence-electron chi connectivity index (χ4n) is 5.71. The van der Waals surface area contributed by atoms with Gasteiger partial charge in [-0.15, -0.1) is 11.8 Å². The van der Waals surface area contributed by atoms with Crippen molar-refractivity contribution in [2.45, 2.75) is 57.1 Å². The van der Waals surface area contributed by atoms with E-state index in [0.717, 1.165) is 28.9 Å². The summed E-state index contributed by atoms with van der Waals surface area (Å²) in [7, 11) is 0. The third-order valence-electron chi connectivity index (χ3n) is 6.67. The lowest BCUT2D eigenvalue weighted by Crippen LogP contribution is -2.49. The first kappa shape index (κ1) is 17.8. The molecule has 4 aliphatic carbocycles. The molecule has 6 heteroatoms. The molecule has 5 nitrogen and oxygen atoms in total. The SMILES string of the molecule is Cc1ccc([N+](=O)[O-])c(NC(=O)CSC23CC4CC(CC(C4)C2)C3)c1C. The second-order valence-corrected chi connectivity index (χ2v) is 10.0. The number of amides is 1. The maximum absolute atomic E-state index is 12.6. The van der Waals surface area contributed by atoms with Gasteiger partial charge in [0, 0.05) is 10.8 Å². The zero-order chi connectivity index (χ0) is 18.5. The van der Waals surface area contributed by atoms with Gasteiger partial charge in [0.2, 0.25) is 5.91 Å². The Bertz CT molecular complexity index is 726. The predicted octanol–water partition coefficient (Wildman–Crippen LogP) is 4.85. The molecule has 0 aliphatic heterocycles. The van der Waals surface area contributed by atoms with Gasteiger partial charge in [-0.1, -0.05) is 6.07 Å². The summed E-state index contributed by atoms with van der Waals surface area (Å²) in [6.07, 6.45) is 7.92. The highest BCUT2D eigenvalue weighted by molar-refractivity contribution is 8.01. The number of rotatable bonds is 5. The summed E-state index contributed by atoms with van der Waals surface area (Å²) < 4.78 is 0.277. The number of nitro groups is 1. The molecule has 4 saturated carbocycles. The van der Waals surface area contributed by atoms with Gasteiger partial charge in [0.25, 0.3) is 5.69 Å². The summed E-state index contributed by atoms with van der Waals surface area (Å²) in [6, 6.07) is 3.21. The van der Waals surface area contributed by atoms with Gasteiger partial charge in [-0.2, -0.15) is 0 Å². The molecule has 26 heavy (non-hydrogen) atoms. The molecular formula is C20H26N2O3S. The first-order valence-electron chi connectivity index (χ1n) is 9.53. The number of nitrogens with one attached hydrogen (secondary N) is 1. The Morgan fingerprint density at radius 1 is 1.19 bits per heavy atom. The van der Waals surface area contributed by atoms with Crippen LogP contribution in [0.3, 0.4) is 0 Å². The van der Waals surface area contributed by atoms with Gasteiger partial charge in [-0.3, -0.25) is 14.9 Å². The first-order valence-corrected chi connectivity index (χ1v) is 10.5. The summed E-state index contributed by atoms with van der Waals surface area (Å²) in [5.74, 6) is 2.84. The van der Waals surface area contributed by atoms with Crippen LogP contribution in [0.1, 0.15) is 49.7 Å². The van der Waals surface area contributed by atoms with Gasteiger partial charge in [0.05, 0.1) is 10.7 Å². The normalized spacial score (nSPS) is 31.8. The number of hydrogen-bond acceptors (Lipinski definition) is 4. The number of benzene rings is 1. The summed E-state index contributed by atoms with van der Waals surface area (Å²) in [4.78, 5) is 23.5. The molecule has 4 aliphatic rings. The monoisotopic (exact) mass is 374 g/mol. The molecule has 0 aromatic heterocycles. The van der Waals surface area contributed by atoms with Crippen LogP contribution in [0.4, 0.5) is 11.4 Å². The minimum absolute atomic E-state index is 0.0266. The molecule has 1 aromatic carbocycles. The third-order valence-corrected chi connectivity index (χ3v) is 8.19. The Morgan fingerprint density at radius 3 is 2.31 bits per heavy atom. The van der Waals surface area contributed by atoms with Gasteiger partial charge < -0.3 is 5.32 Å².